The molecule has 8 heteroatoms. The van der Waals surface area contributed by atoms with Crippen LogP contribution in [0.2, 0.25) is 0 Å². The molecule has 2 aromatic heterocycles. The summed E-state index contributed by atoms with van der Waals surface area (Å²) < 4.78 is 10.8. The van der Waals surface area contributed by atoms with Gasteiger partial charge in [0.15, 0.2) is 0 Å². The maximum atomic E-state index is 12.2. The van der Waals surface area contributed by atoms with E-state index < -0.39 is 5.60 Å². The van der Waals surface area contributed by atoms with Gasteiger partial charge in [-0.3, -0.25) is 4.98 Å². The van der Waals surface area contributed by atoms with Crippen LogP contribution in [0.4, 0.5) is 4.79 Å². The number of nitrogens with zero attached hydrogens (tertiary/aromatic N) is 4. The van der Waals surface area contributed by atoms with Gasteiger partial charge in [0.25, 0.3) is 0 Å². The van der Waals surface area contributed by atoms with Gasteiger partial charge < -0.3 is 19.2 Å². The van der Waals surface area contributed by atoms with Gasteiger partial charge in [0, 0.05) is 19.3 Å². The van der Waals surface area contributed by atoms with E-state index in [1.165, 1.54) is 0 Å². The number of aliphatic hydroxyl groups is 1. The number of aryl methyl sites for hydroxylation is 1. The van der Waals surface area contributed by atoms with Crippen LogP contribution in [0.25, 0.3) is 17.0 Å². The Morgan fingerprint density at radius 1 is 1.37 bits per heavy atom. The highest BCUT2D eigenvalue weighted by Gasteiger charge is 2.24. The van der Waals surface area contributed by atoms with Crippen LogP contribution in [-0.2, 0) is 11.3 Å². The normalized spacial score (nSPS) is 14.9. The molecular weight excluding hydrogens is 348 g/mol. The molecule has 0 fully saturated rings. The quantitative estimate of drug-likeness (QED) is 0.884. The van der Waals surface area contributed by atoms with E-state index in [9.17, 15) is 4.79 Å². The van der Waals surface area contributed by atoms with Crippen molar-refractivity contribution in [3.05, 3.63) is 35.5 Å². The van der Waals surface area contributed by atoms with Crippen molar-refractivity contribution in [2.24, 2.45) is 0 Å². The largest absolute Gasteiger partial charge is 0.444 e. The van der Waals surface area contributed by atoms with Gasteiger partial charge in [-0.15, -0.1) is 10.2 Å². The second kappa shape index (κ2) is 7.48. The fraction of sp³-hybridized carbons (Fsp3) is 0.474. The molecule has 3 rings (SSSR count). The minimum atomic E-state index is -0.500. The lowest BCUT2D eigenvalue weighted by Gasteiger charge is -2.29. The number of carbonyl (C=O) groups excluding carboxylic acids is 1. The second-order valence-electron chi connectivity index (χ2n) is 7.45. The number of rotatable bonds is 3. The number of hydrogen-bond donors (Lipinski definition) is 1. The van der Waals surface area contributed by atoms with Crippen LogP contribution in [0.3, 0.4) is 0 Å². The van der Waals surface area contributed by atoms with Crippen LogP contribution >= 0.6 is 0 Å². The molecule has 27 heavy (non-hydrogen) atoms. The molecule has 0 aromatic carbocycles. The van der Waals surface area contributed by atoms with Crippen LogP contribution in [-0.4, -0.2) is 50.0 Å². The topological polar surface area (TPSA) is 102 Å². The SMILES string of the molecule is Cc1cc(-c2nnc(CO)o2)cnc1C1=CCN(C(=O)OC(C)(C)C)CC1. The molecule has 0 aliphatic carbocycles. The summed E-state index contributed by atoms with van der Waals surface area (Å²) in [7, 11) is 0. The molecule has 2 aromatic rings. The summed E-state index contributed by atoms with van der Waals surface area (Å²) in [6, 6.07) is 1.93. The van der Waals surface area contributed by atoms with E-state index >= 15 is 0 Å². The zero-order valence-electron chi connectivity index (χ0n) is 16.0. The summed E-state index contributed by atoms with van der Waals surface area (Å²) in [6.07, 6.45) is 4.10. The van der Waals surface area contributed by atoms with Gasteiger partial charge in [0.2, 0.25) is 11.8 Å². The predicted molar refractivity (Wildman–Crippen MR) is 98.6 cm³/mol. The number of carbonyl (C=O) groups is 1. The summed E-state index contributed by atoms with van der Waals surface area (Å²) in [6.45, 7) is 8.34. The van der Waals surface area contributed by atoms with Crippen molar-refractivity contribution < 1.29 is 19.1 Å². The van der Waals surface area contributed by atoms with Gasteiger partial charge >= 0.3 is 6.09 Å². The molecule has 1 aliphatic heterocycles. The highest BCUT2D eigenvalue weighted by molar-refractivity contribution is 5.73. The van der Waals surface area contributed by atoms with Crippen molar-refractivity contribution in [1.82, 2.24) is 20.1 Å². The lowest BCUT2D eigenvalue weighted by atomic mass is 10.00. The van der Waals surface area contributed by atoms with E-state index in [0.717, 1.165) is 16.8 Å². The number of ether oxygens (including phenoxy) is 1. The Balaban J connectivity index is 1.73. The Bertz CT molecular complexity index is 867. The first-order valence-corrected chi connectivity index (χ1v) is 8.84. The zero-order valence-corrected chi connectivity index (χ0v) is 16.0. The molecule has 0 spiro atoms. The van der Waals surface area contributed by atoms with Crippen molar-refractivity contribution >= 4 is 11.7 Å². The predicted octanol–water partition coefficient (Wildman–Crippen LogP) is 2.96. The van der Waals surface area contributed by atoms with Gasteiger partial charge in [0.1, 0.15) is 12.2 Å². The van der Waals surface area contributed by atoms with E-state index in [1.807, 2.05) is 39.8 Å². The van der Waals surface area contributed by atoms with Crippen molar-refractivity contribution in [1.29, 1.82) is 0 Å². The molecule has 0 bridgehead atoms. The molecule has 144 valence electrons. The van der Waals surface area contributed by atoms with Gasteiger partial charge in [-0.05, 0) is 51.3 Å². The van der Waals surface area contributed by atoms with Crippen molar-refractivity contribution in [3.63, 3.8) is 0 Å². The van der Waals surface area contributed by atoms with Crippen molar-refractivity contribution in [2.75, 3.05) is 13.1 Å². The number of hydrogen-bond acceptors (Lipinski definition) is 7. The average Bonchev–Trinajstić information content (AvgIpc) is 3.09. The molecule has 1 aliphatic rings. The number of pyridine rings is 1. The Labute approximate surface area is 157 Å². The molecule has 8 nitrogen and oxygen atoms in total. The summed E-state index contributed by atoms with van der Waals surface area (Å²) in [5.41, 5.74) is 3.17. The maximum absolute atomic E-state index is 12.2. The van der Waals surface area contributed by atoms with Crippen molar-refractivity contribution in [2.45, 2.75) is 46.3 Å². The molecule has 1 N–H and O–H groups in total. The summed E-state index contributed by atoms with van der Waals surface area (Å²) in [5.74, 6) is 0.499. The van der Waals surface area contributed by atoms with Crippen LogP contribution in [0, 0.1) is 6.92 Å². The van der Waals surface area contributed by atoms with Gasteiger partial charge in [-0.2, -0.15) is 0 Å². The fourth-order valence-electron chi connectivity index (χ4n) is 2.84. The first kappa shape index (κ1) is 19.0. The van der Waals surface area contributed by atoms with Crippen LogP contribution in [0.1, 0.15) is 44.3 Å². The Morgan fingerprint density at radius 2 is 2.15 bits per heavy atom. The van der Waals surface area contributed by atoms with Crippen molar-refractivity contribution in [3.8, 4) is 11.5 Å². The Hall–Kier alpha value is -2.74. The monoisotopic (exact) mass is 372 g/mol. The van der Waals surface area contributed by atoms with E-state index in [-0.39, 0.29) is 18.6 Å². The third-order valence-corrected chi connectivity index (χ3v) is 4.09. The number of amides is 1. The van der Waals surface area contributed by atoms with Crippen LogP contribution in [0.5, 0.6) is 0 Å². The molecule has 0 saturated carbocycles. The maximum Gasteiger partial charge on any atom is 0.410 e. The third kappa shape index (κ3) is 4.51. The van der Waals surface area contributed by atoms with E-state index in [1.54, 1.807) is 11.1 Å². The minimum absolute atomic E-state index is 0.170. The minimum Gasteiger partial charge on any atom is -0.444 e. The summed E-state index contributed by atoms with van der Waals surface area (Å²) in [4.78, 5) is 18.4. The molecule has 0 unspecified atom stereocenters. The molecular formula is C19H24N4O4. The Morgan fingerprint density at radius 3 is 2.70 bits per heavy atom. The molecule has 1 amide bonds. The van der Waals surface area contributed by atoms with Crippen LogP contribution < -0.4 is 0 Å². The molecule has 0 radical (unpaired) electrons. The number of aromatic nitrogens is 3. The van der Waals surface area contributed by atoms with E-state index in [2.05, 4.69) is 15.2 Å². The number of aliphatic hydroxyl groups excluding tert-OH is 1. The van der Waals surface area contributed by atoms with Gasteiger partial charge in [0.05, 0.1) is 11.3 Å². The highest BCUT2D eigenvalue weighted by Crippen LogP contribution is 2.27. The van der Waals surface area contributed by atoms with Gasteiger partial charge in [-0.25, -0.2) is 4.79 Å². The smallest absolute Gasteiger partial charge is 0.410 e. The third-order valence-electron chi connectivity index (χ3n) is 4.09. The van der Waals surface area contributed by atoms with E-state index in [4.69, 9.17) is 14.3 Å². The summed E-state index contributed by atoms with van der Waals surface area (Å²) in [5, 5.41) is 16.7. The molecule has 0 atom stereocenters. The first-order chi connectivity index (χ1) is 12.8. The Kier molecular flexibility index (Phi) is 5.27. The van der Waals surface area contributed by atoms with E-state index in [0.29, 0.717) is 31.0 Å². The van der Waals surface area contributed by atoms with Crippen LogP contribution in [0.15, 0.2) is 22.8 Å². The second-order valence-corrected chi connectivity index (χ2v) is 7.45. The molecule has 0 saturated heterocycles. The molecule has 3 heterocycles. The first-order valence-electron chi connectivity index (χ1n) is 8.84. The lowest BCUT2D eigenvalue weighted by molar-refractivity contribution is 0.0270. The average molecular weight is 372 g/mol. The fourth-order valence-corrected chi connectivity index (χ4v) is 2.84. The standard InChI is InChI=1S/C19H24N4O4/c1-12-9-14(17-22-21-15(11-24)26-17)10-20-16(12)13-5-7-23(8-6-13)18(25)27-19(2,3)4/h5,9-10,24H,6-8,11H2,1-4H3. The lowest BCUT2D eigenvalue weighted by Crippen LogP contribution is -2.39. The summed E-state index contributed by atoms with van der Waals surface area (Å²) >= 11 is 0. The zero-order chi connectivity index (χ0) is 19.6. The van der Waals surface area contributed by atoms with Gasteiger partial charge in [-0.1, -0.05) is 6.08 Å². The highest BCUT2D eigenvalue weighted by atomic mass is 16.6.